The Morgan fingerprint density at radius 2 is 2.11 bits per heavy atom. The van der Waals surface area contributed by atoms with Gasteiger partial charge in [-0.25, -0.2) is 4.79 Å². The normalized spacial score (nSPS) is 14.0. The Bertz CT molecular complexity index is 421. The van der Waals surface area contributed by atoms with Crippen LogP contribution in [-0.2, 0) is 0 Å². The molecule has 2 atom stereocenters. The summed E-state index contributed by atoms with van der Waals surface area (Å²) in [5, 5.41) is 28.6. The van der Waals surface area contributed by atoms with E-state index in [1.54, 1.807) is 0 Å². The Morgan fingerprint density at radius 1 is 1.44 bits per heavy atom. The molecule has 0 saturated heterocycles. The minimum Gasteiger partial charge on any atom is -0.496 e. The molecule has 3 N–H and O–H groups in total. The number of thiol groups is 1. The van der Waals surface area contributed by atoms with Gasteiger partial charge in [0.15, 0.2) is 0 Å². The average molecular weight is 272 g/mol. The predicted octanol–water partition coefficient (Wildman–Crippen LogP) is 1.11. The summed E-state index contributed by atoms with van der Waals surface area (Å²) in [7, 11) is 1.41. The van der Waals surface area contributed by atoms with Crippen molar-refractivity contribution in [1.82, 2.24) is 0 Å². The van der Waals surface area contributed by atoms with Gasteiger partial charge in [0, 0.05) is 5.56 Å². The maximum absolute atomic E-state index is 10.9. The molecule has 2 unspecified atom stereocenters. The average Bonchev–Trinajstić information content (AvgIpc) is 2.37. The second-order valence-electron chi connectivity index (χ2n) is 3.79. The van der Waals surface area contributed by atoms with Crippen LogP contribution < -0.4 is 4.74 Å². The minimum atomic E-state index is -1.20. The molecule has 0 aliphatic heterocycles. The van der Waals surface area contributed by atoms with Gasteiger partial charge in [-0.05, 0) is 30.4 Å². The Morgan fingerprint density at radius 3 is 2.61 bits per heavy atom. The highest BCUT2D eigenvalue weighted by Gasteiger charge is 2.22. The molecule has 5 nitrogen and oxygen atoms in total. The van der Waals surface area contributed by atoms with Crippen LogP contribution in [0, 0.1) is 0 Å². The number of hydrogen-bond donors (Lipinski definition) is 4. The maximum Gasteiger partial charge on any atom is 0.335 e. The minimum absolute atomic E-state index is 0.0305. The number of benzene rings is 1. The number of aliphatic hydroxyl groups is 2. The van der Waals surface area contributed by atoms with E-state index in [-0.39, 0.29) is 11.1 Å². The number of carboxylic acids is 1. The molecule has 0 heterocycles. The number of carbonyl (C=O) groups is 1. The molecule has 100 valence electrons. The SMILES string of the molecule is COc1ccc(C(=O)O)cc1C(O)C(O)CCS. The van der Waals surface area contributed by atoms with E-state index in [4.69, 9.17) is 9.84 Å². The molecule has 1 aromatic rings. The van der Waals surface area contributed by atoms with Crippen LogP contribution in [0.5, 0.6) is 5.75 Å². The van der Waals surface area contributed by atoms with Crippen molar-refractivity contribution in [3.8, 4) is 5.75 Å². The second-order valence-corrected chi connectivity index (χ2v) is 4.23. The van der Waals surface area contributed by atoms with E-state index in [9.17, 15) is 15.0 Å². The van der Waals surface area contributed by atoms with Crippen molar-refractivity contribution in [3.63, 3.8) is 0 Å². The van der Waals surface area contributed by atoms with Crippen molar-refractivity contribution in [2.24, 2.45) is 0 Å². The van der Waals surface area contributed by atoms with E-state index in [0.29, 0.717) is 17.9 Å². The van der Waals surface area contributed by atoms with Crippen LogP contribution in [0.4, 0.5) is 0 Å². The second kappa shape index (κ2) is 6.63. The summed E-state index contributed by atoms with van der Waals surface area (Å²) < 4.78 is 5.05. The Labute approximate surface area is 110 Å². The van der Waals surface area contributed by atoms with Crippen molar-refractivity contribution in [3.05, 3.63) is 29.3 Å². The van der Waals surface area contributed by atoms with Crippen molar-refractivity contribution in [2.45, 2.75) is 18.6 Å². The quantitative estimate of drug-likeness (QED) is 0.583. The highest BCUT2D eigenvalue weighted by molar-refractivity contribution is 7.80. The fraction of sp³-hybridized carbons (Fsp3) is 0.417. The Kier molecular flexibility index (Phi) is 5.46. The van der Waals surface area contributed by atoms with Crippen LogP contribution in [0.3, 0.4) is 0 Å². The lowest BCUT2D eigenvalue weighted by Gasteiger charge is -2.20. The number of carboxylic acid groups (broad SMARTS) is 1. The van der Waals surface area contributed by atoms with Crippen LogP contribution in [0.2, 0.25) is 0 Å². The van der Waals surface area contributed by atoms with Gasteiger partial charge < -0.3 is 20.1 Å². The fourth-order valence-corrected chi connectivity index (χ4v) is 1.86. The molecule has 0 saturated carbocycles. The summed E-state index contributed by atoms with van der Waals surface area (Å²) in [6.45, 7) is 0. The van der Waals surface area contributed by atoms with Crippen LogP contribution >= 0.6 is 12.6 Å². The highest BCUT2D eigenvalue weighted by atomic mass is 32.1. The summed E-state index contributed by atoms with van der Waals surface area (Å²) in [6.07, 6.45) is -1.92. The topological polar surface area (TPSA) is 87.0 Å². The number of aromatic carboxylic acids is 1. The zero-order valence-corrected chi connectivity index (χ0v) is 10.8. The number of rotatable bonds is 6. The van der Waals surface area contributed by atoms with E-state index < -0.39 is 18.2 Å². The largest absolute Gasteiger partial charge is 0.496 e. The summed E-state index contributed by atoms with van der Waals surface area (Å²) in [4.78, 5) is 10.9. The lowest BCUT2D eigenvalue weighted by Crippen LogP contribution is -2.19. The van der Waals surface area contributed by atoms with E-state index in [0.717, 1.165) is 0 Å². The van der Waals surface area contributed by atoms with Gasteiger partial charge >= 0.3 is 5.97 Å². The Balaban J connectivity index is 3.10. The zero-order chi connectivity index (χ0) is 13.7. The van der Waals surface area contributed by atoms with Crippen LogP contribution in [0.25, 0.3) is 0 Å². The van der Waals surface area contributed by atoms with Crippen LogP contribution in [0.15, 0.2) is 18.2 Å². The van der Waals surface area contributed by atoms with Gasteiger partial charge in [0.05, 0.1) is 18.8 Å². The van der Waals surface area contributed by atoms with Crippen molar-refractivity contribution < 1.29 is 24.9 Å². The number of hydrogen-bond acceptors (Lipinski definition) is 5. The number of methoxy groups -OCH3 is 1. The summed E-state index contributed by atoms with van der Waals surface area (Å²) >= 11 is 3.97. The van der Waals surface area contributed by atoms with Gasteiger partial charge in [0.2, 0.25) is 0 Å². The van der Waals surface area contributed by atoms with Crippen molar-refractivity contribution >= 4 is 18.6 Å². The molecule has 1 aromatic carbocycles. The van der Waals surface area contributed by atoms with E-state index in [1.165, 1.54) is 25.3 Å². The van der Waals surface area contributed by atoms with Gasteiger partial charge in [-0.1, -0.05) is 0 Å². The molecule has 1 rings (SSSR count). The van der Waals surface area contributed by atoms with Gasteiger partial charge in [0.25, 0.3) is 0 Å². The maximum atomic E-state index is 10.9. The lowest BCUT2D eigenvalue weighted by atomic mass is 9.99. The van der Waals surface area contributed by atoms with Crippen LogP contribution in [0.1, 0.15) is 28.4 Å². The molecule has 0 aliphatic carbocycles. The first kappa shape index (κ1) is 14.8. The van der Waals surface area contributed by atoms with E-state index in [1.807, 2.05) is 0 Å². The third kappa shape index (κ3) is 3.38. The first-order valence-electron chi connectivity index (χ1n) is 5.39. The molecular weight excluding hydrogens is 256 g/mol. The molecule has 0 spiro atoms. The Hall–Kier alpha value is -1.24. The number of ether oxygens (including phenoxy) is 1. The molecule has 0 aromatic heterocycles. The highest BCUT2D eigenvalue weighted by Crippen LogP contribution is 2.29. The molecule has 0 radical (unpaired) electrons. The smallest absolute Gasteiger partial charge is 0.335 e. The zero-order valence-electron chi connectivity index (χ0n) is 9.91. The molecule has 18 heavy (non-hydrogen) atoms. The molecule has 0 aliphatic rings. The summed E-state index contributed by atoms with van der Waals surface area (Å²) in [5.41, 5.74) is 0.287. The third-order valence-corrected chi connectivity index (χ3v) is 2.84. The molecule has 0 bridgehead atoms. The monoisotopic (exact) mass is 272 g/mol. The number of aliphatic hydroxyl groups excluding tert-OH is 2. The van der Waals surface area contributed by atoms with Crippen molar-refractivity contribution in [2.75, 3.05) is 12.9 Å². The van der Waals surface area contributed by atoms with E-state index in [2.05, 4.69) is 12.6 Å². The van der Waals surface area contributed by atoms with E-state index >= 15 is 0 Å². The first-order chi connectivity index (χ1) is 8.51. The molecule has 0 amide bonds. The predicted molar refractivity (Wildman–Crippen MR) is 69.4 cm³/mol. The molecule has 6 heteroatoms. The third-order valence-electron chi connectivity index (χ3n) is 2.58. The van der Waals surface area contributed by atoms with Gasteiger partial charge in [0.1, 0.15) is 11.9 Å². The van der Waals surface area contributed by atoms with Gasteiger partial charge in [-0.2, -0.15) is 12.6 Å². The first-order valence-corrected chi connectivity index (χ1v) is 6.02. The molecule has 0 fully saturated rings. The fourth-order valence-electron chi connectivity index (χ4n) is 1.60. The lowest BCUT2D eigenvalue weighted by molar-refractivity contribution is 0.0158. The van der Waals surface area contributed by atoms with Gasteiger partial charge in [-0.15, -0.1) is 0 Å². The van der Waals surface area contributed by atoms with Crippen LogP contribution in [-0.4, -0.2) is 40.3 Å². The summed E-state index contributed by atoms with van der Waals surface area (Å²) in [6, 6.07) is 4.13. The summed E-state index contributed by atoms with van der Waals surface area (Å²) in [5.74, 6) is -0.348. The standard InChI is InChI=1S/C12H16O5S/c1-17-10-3-2-7(12(15)16)6-8(10)11(14)9(13)4-5-18/h2-3,6,9,11,13-14,18H,4-5H2,1H3,(H,15,16). The van der Waals surface area contributed by atoms with Gasteiger partial charge in [-0.3, -0.25) is 0 Å². The molecular formula is C12H16O5S. The van der Waals surface area contributed by atoms with Crippen molar-refractivity contribution in [1.29, 1.82) is 0 Å².